The Balaban J connectivity index is 1.51. The normalized spacial score (nSPS) is 10.4. The summed E-state index contributed by atoms with van der Waals surface area (Å²) in [5.41, 5.74) is 1.99. The molecule has 0 spiro atoms. The summed E-state index contributed by atoms with van der Waals surface area (Å²) in [4.78, 5) is 12.1. The summed E-state index contributed by atoms with van der Waals surface area (Å²) in [5.74, 6) is -0.138. The fourth-order valence-corrected chi connectivity index (χ4v) is 2.39. The molecule has 3 rings (SSSR count). The van der Waals surface area contributed by atoms with Crippen molar-refractivity contribution < 1.29 is 9.18 Å². The summed E-state index contributed by atoms with van der Waals surface area (Å²) >= 11 is 5.84. The van der Waals surface area contributed by atoms with Crippen molar-refractivity contribution in [3.63, 3.8) is 0 Å². The highest BCUT2D eigenvalue weighted by Crippen LogP contribution is 2.14. The molecule has 2 N–H and O–H groups in total. The van der Waals surface area contributed by atoms with Gasteiger partial charge in [-0.2, -0.15) is 0 Å². The Labute approximate surface area is 155 Å². The van der Waals surface area contributed by atoms with E-state index >= 15 is 0 Å². The maximum absolute atomic E-state index is 12.9. The summed E-state index contributed by atoms with van der Waals surface area (Å²) in [6.45, 7) is 0.484. The van der Waals surface area contributed by atoms with Crippen LogP contribution >= 0.6 is 11.6 Å². The van der Waals surface area contributed by atoms with Crippen LogP contribution < -0.4 is 10.6 Å². The Morgan fingerprint density at radius 3 is 2.35 bits per heavy atom. The van der Waals surface area contributed by atoms with Crippen LogP contribution in [0, 0.1) is 5.82 Å². The van der Waals surface area contributed by atoms with Crippen LogP contribution in [0.3, 0.4) is 0 Å². The Bertz CT molecular complexity index is 868. The zero-order valence-electron chi connectivity index (χ0n) is 13.7. The van der Waals surface area contributed by atoms with Gasteiger partial charge in [0.05, 0.1) is 0 Å². The third-order valence-corrected chi connectivity index (χ3v) is 3.88. The molecule has 2 aromatic carbocycles. The van der Waals surface area contributed by atoms with E-state index in [1.807, 2.05) is 24.3 Å². The third kappa shape index (κ3) is 5.00. The van der Waals surface area contributed by atoms with E-state index in [0.717, 1.165) is 5.56 Å². The zero-order chi connectivity index (χ0) is 18.4. The first-order valence-electron chi connectivity index (χ1n) is 7.99. The van der Waals surface area contributed by atoms with Crippen LogP contribution in [-0.4, -0.2) is 22.6 Å². The molecule has 0 aliphatic carbocycles. The topological polar surface area (TPSA) is 66.9 Å². The number of carbonyl (C=O) groups is 1. The van der Waals surface area contributed by atoms with Crippen molar-refractivity contribution in [3.8, 4) is 0 Å². The zero-order valence-corrected chi connectivity index (χ0v) is 14.5. The molecule has 3 aromatic rings. The Morgan fingerprint density at radius 1 is 0.962 bits per heavy atom. The predicted octanol–water partition coefficient (Wildman–Crippen LogP) is 3.99. The van der Waals surface area contributed by atoms with Crippen LogP contribution in [0.2, 0.25) is 5.02 Å². The molecule has 0 aliphatic heterocycles. The molecule has 132 valence electrons. The lowest BCUT2D eigenvalue weighted by Crippen LogP contribution is -2.26. The van der Waals surface area contributed by atoms with Crippen LogP contribution in [0.25, 0.3) is 0 Å². The molecule has 26 heavy (non-hydrogen) atoms. The van der Waals surface area contributed by atoms with Crippen LogP contribution in [-0.2, 0) is 6.42 Å². The lowest BCUT2D eigenvalue weighted by Gasteiger charge is -2.07. The minimum Gasteiger partial charge on any atom is -0.350 e. The van der Waals surface area contributed by atoms with Gasteiger partial charge in [-0.1, -0.05) is 23.7 Å². The number of aromatic nitrogens is 2. The number of halogens is 2. The van der Waals surface area contributed by atoms with Gasteiger partial charge in [0.2, 0.25) is 0 Å². The molecule has 7 heteroatoms. The molecule has 5 nitrogen and oxygen atoms in total. The van der Waals surface area contributed by atoms with Crippen molar-refractivity contribution >= 4 is 29.0 Å². The molecule has 1 heterocycles. The van der Waals surface area contributed by atoms with E-state index in [1.54, 1.807) is 24.3 Å². The van der Waals surface area contributed by atoms with E-state index in [2.05, 4.69) is 20.8 Å². The first-order chi connectivity index (χ1) is 12.6. The number of hydrogen-bond acceptors (Lipinski definition) is 4. The fraction of sp³-hybridized carbons (Fsp3) is 0.105. The molecule has 1 amide bonds. The number of rotatable bonds is 6. The van der Waals surface area contributed by atoms with Crippen molar-refractivity contribution in [3.05, 3.63) is 82.8 Å². The number of amides is 1. The van der Waals surface area contributed by atoms with E-state index in [-0.39, 0.29) is 17.4 Å². The van der Waals surface area contributed by atoms with Gasteiger partial charge in [-0.3, -0.25) is 4.79 Å². The minimum atomic E-state index is -0.313. The molecule has 0 saturated heterocycles. The summed E-state index contributed by atoms with van der Waals surface area (Å²) in [7, 11) is 0. The average molecular weight is 371 g/mol. The van der Waals surface area contributed by atoms with Crippen LogP contribution in [0.5, 0.6) is 0 Å². The number of anilines is 2. The van der Waals surface area contributed by atoms with Crippen molar-refractivity contribution in [2.75, 3.05) is 11.9 Å². The highest BCUT2D eigenvalue weighted by Gasteiger charge is 2.08. The smallest absolute Gasteiger partial charge is 0.271 e. The first-order valence-corrected chi connectivity index (χ1v) is 8.37. The monoisotopic (exact) mass is 370 g/mol. The van der Waals surface area contributed by atoms with Gasteiger partial charge in [-0.05, 0) is 60.5 Å². The van der Waals surface area contributed by atoms with Gasteiger partial charge in [0.1, 0.15) is 5.82 Å². The van der Waals surface area contributed by atoms with Crippen molar-refractivity contribution in [2.45, 2.75) is 6.42 Å². The summed E-state index contributed by atoms with van der Waals surface area (Å²) in [6.07, 6.45) is 0.695. The number of nitrogens with one attached hydrogen (secondary N) is 2. The Kier molecular flexibility index (Phi) is 5.76. The predicted molar refractivity (Wildman–Crippen MR) is 99.2 cm³/mol. The van der Waals surface area contributed by atoms with E-state index in [0.29, 0.717) is 29.5 Å². The lowest BCUT2D eigenvalue weighted by molar-refractivity contribution is 0.0948. The lowest BCUT2D eigenvalue weighted by atomic mass is 10.1. The molecule has 0 saturated carbocycles. The molecular weight excluding hydrogens is 355 g/mol. The van der Waals surface area contributed by atoms with Gasteiger partial charge in [0.25, 0.3) is 5.91 Å². The number of hydrogen-bond donors (Lipinski definition) is 2. The van der Waals surface area contributed by atoms with Gasteiger partial charge in [-0.15, -0.1) is 10.2 Å². The number of benzene rings is 2. The van der Waals surface area contributed by atoms with Gasteiger partial charge in [0.15, 0.2) is 11.5 Å². The van der Waals surface area contributed by atoms with Crippen molar-refractivity contribution in [2.24, 2.45) is 0 Å². The number of nitrogens with zero attached hydrogens (tertiary/aromatic N) is 2. The number of carbonyl (C=O) groups excluding carboxylic acids is 1. The second-order valence-corrected chi connectivity index (χ2v) is 6.00. The van der Waals surface area contributed by atoms with E-state index in [1.165, 1.54) is 12.1 Å². The maximum atomic E-state index is 12.9. The largest absolute Gasteiger partial charge is 0.350 e. The third-order valence-electron chi connectivity index (χ3n) is 3.63. The second kappa shape index (κ2) is 8.40. The molecule has 0 radical (unpaired) electrons. The van der Waals surface area contributed by atoms with Crippen LogP contribution in [0.15, 0.2) is 60.7 Å². The molecule has 0 fully saturated rings. The van der Waals surface area contributed by atoms with E-state index < -0.39 is 0 Å². The average Bonchev–Trinajstić information content (AvgIpc) is 2.66. The summed E-state index contributed by atoms with van der Waals surface area (Å²) < 4.78 is 12.9. The maximum Gasteiger partial charge on any atom is 0.271 e. The quantitative estimate of drug-likeness (QED) is 0.688. The van der Waals surface area contributed by atoms with Gasteiger partial charge in [0, 0.05) is 17.3 Å². The molecule has 0 bridgehead atoms. The summed E-state index contributed by atoms with van der Waals surface area (Å²) in [6, 6.07) is 16.6. The van der Waals surface area contributed by atoms with Gasteiger partial charge >= 0.3 is 0 Å². The highest BCUT2D eigenvalue weighted by molar-refractivity contribution is 6.30. The molecule has 0 atom stereocenters. The standard InChI is InChI=1S/C19H16ClFN4O/c20-14-3-1-13(2-4-14)11-12-22-19(26)17-9-10-18(25-24-17)23-16-7-5-15(21)6-8-16/h1-10H,11-12H2,(H,22,26)(H,23,25). The SMILES string of the molecule is O=C(NCCc1ccc(Cl)cc1)c1ccc(Nc2ccc(F)cc2)nn1. The Morgan fingerprint density at radius 2 is 1.69 bits per heavy atom. The van der Waals surface area contributed by atoms with Gasteiger partial charge in [-0.25, -0.2) is 4.39 Å². The first kappa shape index (κ1) is 17.8. The molecule has 1 aromatic heterocycles. The second-order valence-electron chi connectivity index (χ2n) is 5.57. The van der Waals surface area contributed by atoms with E-state index in [9.17, 15) is 9.18 Å². The Hall–Kier alpha value is -2.99. The van der Waals surface area contributed by atoms with Crippen molar-refractivity contribution in [1.82, 2.24) is 15.5 Å². The van der Waals surface area contributed by atoms with Crippen molar-refractivity contribution in [1.29, 1.82) is 0 Å². The van der Waals surface area contributed by atoms with Crippen LogP contribution in [0.1, 0.15) is 16.1 Å². The highest BCUT2D eigenvalue weighted by atomic mass is 35.5. The minimum absolute atomic E-state index is 0.228. The van der Waals surface area contributed by atoms with Gasteiger partial charge < -0.3 is 10.6 Å². The van der Waals surface area contributed by atoms with Crippen LogP contribution in [0.4, 0.5) is 15.9 Å². The summed E-state index contributed by atoms with van der Waals surface area (Å²) in [5, 5.41) is 14.3. The molecular formula is C19H16ClFN4O. The molecule has 0 aliphatic rings. The molecule has 0 unspecified atom stereocenters. The van der Waals surface area contributed by atoms with E-state index in [4.69, 9.17) is 11.6 Å². The fourth-order valence-electron chi connectivity index (χ4n) is 2.26.